The summed E-state index contributed by atoms with van der Waals surface area (Å²) >= 11 is 0. The summed E-state index contributed by atoms with van der Waals surface area (Å²) in [5.74, 6) is 1.72. The van der Waals surface area contributed by atoms with Crippen LogP contribution in [0, 0.1) is 6.33 Å². The van der Waals surface area contributed by atoms with Gasteiger partial charge in [0.25, 0.3) is 0 Å². The molecule has 9 rings (SSSR count). The molecule has 0 aliphatic carbocycles. The molecule has 0 saturated heterocycles. The van der Waals surface area contributed by atoms with Gasteiger partial charge in [-0.1, -0.05) is 165 Å². The molecule has 0 aliphatic rings. The summed E-state index contributed by atoms with van der Waals surface area (Å²) < 4.78 is 6.33. The van der Waals surface area contributed by atoms with Gasteiger partial charge in [0.15, 0.2) is 0 Å². The van der Waals surface area contributed by atoms with Crippen LogP contribution in [0.5, 0.6) is 0 Å². The molecule has 0 aliphatic heterocycles. The summed E-state index contributed by atoms with van der Waals surface area (Å²) in [5, 5.41) is 7.66. The lowest BCUT2D eigenvalue weighted by Gasteiger charge is -2.27. The van der Waals surface area contributed by atoms with Crippen LogP contribution in [0.3, 0.4) is 0 Å². The van der Waals surface area contributed by atoms with E-state index >= 15 is 0 Å². The van der Waals surface area contributed by atoms with Gasteiger partial charge in [-0.3, -0.25) is 4.57 Å². The Hall–Kier alpha value is -6.79. The number of hydrogen-bond acceptors (Lipinski definition) is 3. The highest BCUT2D eigenvalue weighted by atomic mass is 15.4. The second-order valence-electron chi connectivity index (χ2n) is 19.2. The van der Waals surface area contributed by atoms with Gasteiger partial charge < -0.3 is 9.47 Å². The van der Waals surface area contributed by atoms with Gasteiger partial charge in [0, 0.05) is 45.3 Å². The molecule has 0 atom stereocenters. The number of anilines is 3. The van der Waals surface area contributed by atoms with Crippen molar-refractivity contribution >= 4 is 38.9 Å². The third-order valence-corrected chi connectivity index (χ3v) is 11.6. The Morgan fingerprint density at radius 1 is 0.508 bits per heavy atom. The van der Waals surface area contributed by atoms with E-state index in [9.17, 15) is 0 Å². The first-order chi connectivity index (χ1) is 29.1. The first-order valence-electron chi connectivity index (χ1n) is 21.3. The molecule has 0 bridgehead atoms. The molecule has 61 heavy (non-hydrogen) atoms. The summed E-state index contributed by atoms with van der Waals surface area (Å²) in [6, 6.07) is 56.3. The van der Waals surface area contributed by atoms with Gasteiger partial charge >= 0.3 is 0 Å². The van der Waals surface area contributed by atoms with E-state index in [1.54, 1.807) is 0 Å². The first-order valence-corrected chi connectivity index (χ1v) is 21.3. The van der Waals surface area contributed by atoms with Crippen LogP contribution in [-0.2, 0) is 16.2 Å². The fourth-order valence-electron chi connectivity index (χ4n) is 8.12. The Labute approximate surface area is 360 Å². The van der Waals surface area contributed by atoms with Gasteiger partial charge in [-0.15, -0.1) is 0 Å². The van der Waals surface area contributed by atoms with Crippen molar-refractivity contribution in [3.8, 4) is 28.6 Å². The highest BCUT2D eigenvalue weighted by Gasteiger charge is 2.24. The summed E-state index contributed by atoms with van der Waals surface area (Å²) in [5.41, 5.74) is 11.9. The molecule has 0 radical (unpaired) electrons. The van der Waals surface area contributed by atoms with Crippen LogP contribution in [0.4, 0.5) is 17.1 Å². The quantitative estimate of drug-likeness (QED) is 0.119. The van der Waals surface area contributed by atoms with E-state index in [0.717, 1.165) is 56.7 Å². The molecule has 9 aromatic rings. The minimum Gasteiger partial charge on any atom is -0.314 e. The van der Waals surface area contributed by atoms with E-state index in [1.165, 1.54) is 27.5 Å². The van der Waals surface area contributed by atoms with Gasteiger partial charge in [0.05, 0.1) is 16.7 Å². The molecule has 0 unspecified atom stereocenters. The summed E-state index contributed by atoms with van der Waals surface area (Å²) in [4.78, 5) is 7.27. The van der Waals surface area contributed by atoms with Crippen LogP contribution < -0.4 is 9.47 Å². The molecule has 0 N–H and O–H groups in total. The lowest BCUT2D eigenvalue weighted by atomic mass is 9.80. The summed E-state index contributed by atoms with van der Waals surface area (Å²) in [6.45, 7) is 20.4. The Morgan fingerprint density at radius 3 is 1.80 bits per heavy atom. The van der Waals surface area contributed by atoms with Crippen molar-refractivity contribution in [2.75, 3.05) is 4.90 Å². The van der Waals surface area contributed by atoms with Crippen molar-refractivity contribution < 1.29 is 4.57 Å². The van der Waals surface area contributed by atoms with Gasteiger partial charge in [0.2, 0.25) is 12.2 Å². The maximum absolute atomic E-state index is 5.29. The minimum absolute atomic E-state index is 0.0182. The largest absolute Gasteiger partial charge is 0.314 e. The molecule has 6 nitrogen and oxygen atoms in total. The maximum Gasteiger partial charge on any atom is 0.231 e. The lowest BCUT2D eigenvalue weighted by molar-refractivity contribution is -0.589. The Morgan fingerprint density at radius 2 is 1.11 bits per heavy atom. The molecule has 0 saturated carbocycles. The first kappa shape index (κ1) is 39.7. The minimum atomic E-state index is -0.0426. The van der Waals surface area contributed by atoms with Crippen LogP contribution >= 0.6 is 0 Å². The molecule has 6 aromatic carbocycles. The number of hydrogen-bond donors (Lipinski definition) is 0. The normalized spacial score (nSPS) is 12.3. The van der Waals surface area contributed by atoms with Gasteiger partial charge in [-0.25, -0.2) is 4.98 Å². The lowest BCUT2D eigenvalue weighted by Crippen LogP contribution is -2.33. The van der Waals surface area contributed by atoms with Gasteiger partial charge in [0.1, 0.15) is 5.82 Å². The Balaban J connectivity index is 1.22. The van der Waals surface area contributed by atoms with E-state index < -0.39 is 0 Å². The van der Waals surface area contributed by atoms with Crippen molar-refractivity contribution in [3.05, 3.63) is 187 Å². The molecular weight excluding hydrogens is 745 g/mol. The second-order valence-corrected chi connectivity index (χ2v) is 19.2. The average Bonchev–Trinajstić information content (AvgIpc) is 3.84. The zero-order valence-corrected chi connectivity index (χ0v) is 36.8. The van der Waals surface area contributed by atoms with Crippen molar-refractivity contribution in [1.29, 1.82) is 0 Å². The molecule has 304 valence electrons. The van der Waals surface area contributed by atoms with E-state index in [2.05, 4.69) is 234 Å². The predicted octanol–water partition coefficient (Wildman–Crippen LogP) is 13.5. The predicted molar refractivity (Wildman–Crippen MR) is 252 cm³/mol. The topological polar surface area (TPSA) is 42.8 Å². The highest BCUT2D eigenvalue weighted by Crippen LogP contribution is 2.40. The van der Waals surface area contributed by atoms with Gasteiger partial charge in [-0.2, -0.15) is 4.68 Å². The van der Waals surface area contributed by atoms with Crippen LogP contribution in [0.2, 0.25) is 0 Å². The van der Waals surface area contributed by atoms with Gasteiger partial charge in [-0.05, 0) is 92.6 Å². The molecule has 6 heteroatoms. The van der Waals surface area contributed by atoms with E-state index in [-0.39, 0.29) is 16.2 Å². The fourth-order valence-corrected chi connectivity index (χ4v) is 8.12. The SMILES string of the molecule is CC(C)(C)c1cc(-[n+]2[c-]n(-c3cccc(N(c4ccccc4)c4ccc5c6ccccc6n(-c6cc(C(C)(C)C)ccn6)c5c4)c3)nc2-c2ccccc2)cc(C(C)(C)C)c1. The highest BCUT2D eigenvalue weighted by molar-refractivity contribution is 6.10. The zero-order chi connectivity index (χ0) is 42.7. The number of pyridine rings is 1. The Bertz CT molecular complexity index is 2990. The number of para-hydroxylation sites is 2. The average molecular weight is 799 g/mol. The monoisotopic (exact) mass is 798 g/mol. The third-order valence-electron chi connectivity index (χ3n) is 11.6. The van der Waals surface area contributed by atoms with Crippen molar-refractivity contribution in [2.45, 2.75) is 78.6 Å². The number of benzene rings is 6. The van der Waals surface area contributed by atoms with Crippen molar-refractivity contribution in [1.82, 2.24) is 19.3 Å². The van der Waals surface area contributed by atoms with Crippen molar-refractivity contribution in [2.24, 2.45) is 0 Å². The zero-order valence-electron chi connectivity index (χ0n) is 36.8. The summed E-state index contributed by atoms with van der Waals surface area (Å²) in [7, 11) is 0. The van der Waals surface area contributed by atoms with Crippen LogP contribution in [0.25, 0.3) is 50.4 Å². The maximum atomic E-state index is 5.29. The second kappa shape index (κ2) is 15.0. The van der Waals surface area contributed by atoms with Crippen LogP contribution in [-0.4, -0.2) is 19.3 Å². The van der Waals surface area contributed by atoms with Crippen molar-refractivity contribution in [3.63, 3.8) is 0 Å². The summed E-state index contributed by atoms with van der Waals surface area (Å²) in [6.07, 6.45) is 5.63. The fraction of sp³-hybridized carbons (Fsp3) is 0.218. The van der Waals surface area contributed by atoms with Crippen LogP contribution in [0.1, 0.15) is 79.0 Å². The number of rotatable bonds is 7. The molecule has 0 amide bonds. The standard InChI is InChI=1S/C55H54N6/c1-53(2,3)39-29-30-56-51(34-39)61-49-26-17-16-25-47(49)48-28-27-45(36-50(48)61)60(42-21-14-11-15-22-42)44-24-18-23-43(35-44)59-37-58(52(57-59)38-19-12-10-13-20-38)46-32-40(54(4,5)6)31-41(33-46)55(7,8)9/h10-36H,1-9H3. The molecule has 0 fully saturated rings. The smallest absolute Gasteiger partial charge is 0.231 e. The third kappa shape index (κ3) is 7.63. The molecule has 0 spiro atoms. The number of fused-ring (bicyclic) bond motifs is 3. The van der Waals surface area contributed by atoms with Crippen LogP contribution in [0.15, 0.2) is 164 Å². The van der Waals surface area contributed by atoms with E-state index in [1.807, 2.05) is 16.9 Å². The van der Waals surface area contributed by atoms with E-state index in [4.69, 9.17) is 10.1 Å². The Kier molecular flexibility index (Phi) is 9.78. The molecular formula is C55H54N6. The number of nitrogens with zero attached hydrogens (tertiary/aromatic N) is 6. The van der Waals surface area contributed by atoms with E-state index in [0.29, 0.717) is 0 Å². The molecule has 3 aromatic heterocycles. The number of aromatic nitrogens is 5. The molecule has 3 heterocycles.